The van der Waals surface area contributed by atoms with Crippen molar-refractivity contribution in [3.8, 4) is 11.5 Å². The Hall–Kier alpha value is -5.65. The summed E-state index contributed by atoms with van der Waals surface area (Å²) in [5, 5.41) is 16.9. The normalized spacial score (nSPS) is 21.9. The average Bonchev–Trinajstić information content (AvgIpc) is 3.71. The maximum atomic E-state index is 13.7. The number of carbonyl (C=O) groups excluding carboxylic acids is 3. The van der Waals surface area contributed by atoms with Crippen molar-refractivity contribution in [3.05, 3.63) is 75.9 Å². The average molecular weight is 890 g/mol. The largest absolute Gasteiger partial charge is 0.444 e. The number of anilines is 2. The van der Waals surface area contributed by atoms with Crippen LogP contribution in [0.1, 0.15) is 117 Å². The number of fused-ring (bicyclic) bond motifs is 1. The second kappa shape index (κ2) is 19.4. The number of pyridine rings is 1. The number of amides is 3. The van der Waals surface area contributed by atoms with Gasteiger partial charge in [0.25, 0.3) is 5.91 Å². The number of nitrogens with one attached hydrogen (secondary N) is 4. The van der Waals surface area contributed by atoms with Crippen LogP contribution < -0.4 is 21.6 Å². The predicted octanol–water partition coefficient (Wildman–Crippen LogP) is 5.83. The minimum absolute atomic E-state index is 0.117. The topological polar surface area (TPSA) is 198 Å². The van der Waals surface area contributed by atoms with Crippen molar-refractivity contribution in [2.75, 3.05) is 63.6 Å². The zero-order valence-electron chi connectivity index (χ0n) is 38.1. The number of aromatic amines is 1. The molecule has 17 heteroatoms. The molecule has 0 spiro atoms. The van der Waals surface area contributed by atoms with Crippen LogP contribution in [0.25, 0.3) is 22.5 Å². The Bertz CT molecular complexity index is 2560. The number of imidazole rings is 1. The van der Waals surface area contributed by atoms with E-state index in [0.717, 1.165) is 123 Å². The fourth-order valence-corrected chi connectivity index (χ4v) is 10.0. The van der Waals surface area contributed by atoms with Crippen LogP contribution in [0.5, 0.6) is 0 Å². The van der Waals surface area contributed by atoms with E-state index in [-0.39, 0.29) is 47.6 Å². The number of nitrogens with zero attached hydrogens (tertiary/aromatic N) is 7. The fraction of sp³-hybridized carbons (Fsp3) is 0.562. The molecule has 4 fully saturated rings. The zero-order chi connectivity index (χ0) is 45.2. The number of morpholine rings is 1. The van der Waals surface area contributed by atoms with E-state index in [4.69, 9.17) is 9.15 Å². The van der Waals surface area contributed by atoms with Crippen molar-refractivity contribution >= 4 is 40.3 Å². The Morgan fingerprint density at radius 3 is 2.60 bits per heavy atom. The van der Waals surface area contributed by atoms with Gasteiger partial charge >= 0.3 is 5.69 Å². The summed E-state index contributed by atoms with van der Waals surface area (Å²) in [6.07, 6.45) is 12.4. The van der Waals surface area contributed by atoms with E-state index in [1.807, 2.05) is 24.3 Å². The third-order valence-corrected chi connectivity index (χ3v) is 13.8. The number of carbonyl (C=O) groups is 3. The minimum atomic E-state index is -0.686. The number of benzene rings is 1. The third-order valence-electron chi connectivity index (χ3n) is 13.8. The van der Waals surface area contributed by atoms with Gasteiger partial charge in [-0.15, -0.1) is 0 Å². The molecular formula is C48H63N11O6. The van der Waals surface area contributed by atoms with Gasteiger partial charge in [-0.2, -0.15) is 5.10 Å². The molecule has 1 unspecified atom stereocenters. The molecule has 4 aliphatic rings. The molecule has 0 radical (unpaired) electrons. The zero-order valence-corrected chi connectivity index (χ0v) is 38.1. The first-order chi connectivity index (χ1) is 31.5. The molecule has 346 valence electrons. The van der Waals surface area contributed by atoms with Crippen molar-refractivity contribution in [3.63, 3.8) is 0 Å². The summed E-state index contributed by atoms with van der Waals surface area (Å²) in [4.78, 5) is 65.1. The first-order valence-electron chi connectivity index (χ1n) is 23.6. The summed E-state index contributed by atoms with van der Waals surface area (Å²) in [6.45, 7) is 10.4. The number of imide groups is 1. The Kier molecular flexibility index (Phi) is 13.3. The van der Waals surface area contributed by atoms with E-state index < -0.39 is 11.9 Å². The van der Waals surface area contributed by atoms with Gasteiger partial charge < -0.3 is 24.7 Å². The summed E-state index contributed by atoms with van der Waals surface area (Å²) in [7, 11) is 3.94. The highest BCUT2D eigenvalue weighted by molar-refractivity contribution is 6.03. The van der Waals surface area contributed by atoms with Crippen molar-refractivity contribution in [1.82, 2.24) is 44.4 Å². The number of aromatic nitrogens is 6. The van der Waals surface area contributed by atoms with Crippen molar-refractivity contribution in [2.45, 2.75) is 102 Å². The molecule has 2 aliphatic carbocycles. The molecule has 2 saturated heterocycles. The lowest BCUT2D eigenvalue weighted by molar-refractivity contribution is -0.135. The molecule has 2 atom stereocenters. The standard InChI is InChI=1S/C48H63N11O6/c1-29(2)42-44(53-45(61)36-28-65-47(51-36)34-17-18-49-40(23-34)50-24-31-7-8-31)43(55-54-42)33-12-9-32(10-13-33)25-56(3)26-35-27-58(20-21-64-35)19-5-6-30-11-14-37-39(22-30)57(4)48(63)59(37)38-15-16-41(60)52-46(38)62/h11,14,17-18,22-23,28-29,31-33,35,38H,5-10,12-13,15-16,19-21,24-27H2,1-4H3,(H,49,50)(H,53,61)(H,54,55)(H,52,60,62)/t32?,33?,35-,38?/m1/s1. The van der Waals surface area contributed by atoms with Gasteiger partial charge in [0.2, 0.25) is 17.7 Å². The predicted molar refractivity (Wildman–Crippen MR) is 247 cm³/mol. The number of oxazole rings is 1. The van der Waals surface area contributed by atoms with Crippen molar-refractivity contribution in [2.24, 2.45) is 18.9 Å². The highest BCUT2D eigenvalue weighted by Gasteiger charge is 2.33. The molecule has 5 aromatic rings. The molecule has 4 aromatic heterocycles. The van der Waals surface area contributed by atoms with E-state index in [0.29, 0.717) is 30.4 Å². The summed E-state index contributed by atoms with van der Waals surface area (Å²) in [5.41, 5.74) is 5.98. The molecule has 6 heterocycles. The lowest BCUT2D eigenvalue weighted by atomic mass is 9.79. The molecular weight excluding hydrogens is 827 g/mol. The Morgan fingerprint density at radius 1 is 1.00 bits per heavy atom. The van der Waals surface area contributed by atoms with E-state index in [1.165, 1.54) is 23.7 Å². The summed E-state index contributed by atoms with van der Waals surface area (Å²) in [5.74, 6) is 1.78. The van der Waals surface area contributed by atoms with Crippen LogP contribution in [0.2, 0.25) is 0 Å². The minimum Gasteiger partial charge on any atom is -0.444 e. The van der Waals surface area contributed by atoms with Crippen LogP contribution in [-0.2, 0) is 27.8 Å². The van der Waals surface area contributed by atoms with E-state index in [9.17, 15) is 19.2 Å². The molecule has 9 rings (SSSR count). The highest BCUT2D eigenvalue weighted by Crippen LogP contribution is 2.41. The smallest absolute Gasteiger partial charge is 0.329 e. The molecule has 1 aromatic carbocycles. The third kappa shape index (κ3) is 10.3. The second-order valence-electron chi connectivity index (χ2n) is 19.1. The number of ether oxygens (including phenoxy) is 1. The number of H-pyrrole nitrogens is 1. The Balaban J connectivity index is 0.734. The summed E-state index contributed by atoms with van der Waals surface area (Å²) in [6, 6.07) is 9.09. The number of aryl methyl sites for hydroxylation is 2. The number of hydrogen-bond donors (Lipinski definition) is 4. The van der Waals surface area contributed by atoms with Gasteiger partial charge in [-0.1, -0.05) is 19.9 Å². The quantitative estimate of drug-likeness (QED) is 0.0817. The number of rotatable bonds is 17. The van der Waals surface area contributed by atoms with Crippen LogP contribution in [0.3, 0.4) is 0 Å². The Labute approximate surface area is 379 Å². The van der Waals surface area contributed by atoms with Gasteiger partial charge in [-0.25, -0.2) is 14.8 Å². The fourth-order valence-electron chi connectivity index (χ4n) is 10.0. The van der Waals surface area contributed by atoms with Crippen LogP contribution in [0.4, 0.5) is 11.5 Å². The van der Waals surface area contributed by atoms with E-state index >= 15 is 0 Å². The van der Waals surface area contributed by atoms with Gasteiger partial charge in [0.15, 0.2) is 5.69 Å². The van der Waals surface area contributed by atoms with Crippen LogP contribution in [0.15, 0.2) is 52.0 Å². The van der Waals surface area contributed by atoms with Gasteiger partial charge in [0.1, 0.15) is 18.1 Å². The Morgan fingerprint density at radius 2 is 1.82 bits per heavy atom. The van der Waals surface area contributed by atoms with Crippen LogP contribution in [0, 0.1) is 11.8 Å². The van der Waals surface area contributed by atoms with E-state index in [2.05, 4.69) is 72.9 Å². The number of piperidine rings is 1. The lowest BCUT2D eigenvalue weighted by Crippen LogP contribution is -2.47. The van der Waals surface area contributed by atoms with Gasteiger partial charge in [0.05, 0.1) is 40.8 Å². The maximum absolute atomic E-state index is 13.7. The van der Waals surface area contributed by atoms with Crippen molar-refractivity contribution in [1.29, 1.82) is 0 Å². The highest BCUT2D eigenvalue weighted by atomic mass is 16.5. The molecule has 65 heavy (non-hydrogen) atoms. The summed E-state index contributed by atoms with van der Waals surface area (Å²) >= 11 is 0. The summed E-state index contributed by atoms with van der Waals surface area (Å²) < 4.78 is 15.2. The monoisotopic (exact) mass is 889 g/mol. The first kappa shape index (κ1) is 44.5. The van der Waals surface area contributed by atoms with Gasteiger partial charge in [0, 0.05) is 63.9 Å². The maximum Gasteiger partial charge on any atom is 0.329 e. The van der Waals surface area contributed by atoms with Crippen LogP contribution in [-0.4, -0.2) is 116 Å². The second-order valence-corrected chi connectivity index (χ2v) is 19.1. The van der Waals surface area contributed by atoms with Gasteiger partial charge in [-0.3, -0.25) is 38.8 Å². The molecule has 17 nitrogen and oxygen atoms in total. The molecule has 0 bridgehead atoms. The SMILES string of the molecule is CC(C)c1n[nH]c(C2CCC(CN(C)C[C@@H]3CN(CCCc4ccc5c(c4)n(C)c(=O)n5C4CCC(=O)NC4=O)CCO3)CC2)c1NC(=O)c1coc(-c2ccnc(NCC3CC3)c2)n1. The van der Waals surface area contributed by atoms with E-state index in [1.54, 1.807) is 17.8 Å². The lowest BCUT2D eigenvalue weighted by Gasteiger charge is -2.36. The van der Waals surface area contributed by atoms with Crippen molar-refractivity contribution < 1.29 is 23.5 Å². The molecule has 4 N–H and O–H groups in total. The van der Waals surface area contributed by atoms with Gasteiger partial charge in [-0.05, 0) is 119 Å². The molecule has 2 aliphatic heterocycles. The number of hydrogen-bond acceptors (Lipinski definition) is 12. The van der Waals surface area contributed by atoms with Crippen LogP contribution >= 0.6 is 0 Å². The first-order valence-corrected chi connectivity index (χ1v) is 23.6. The molecule has 3 amide bonds. The molecule has 2 saturated carbocycles. The number of likely N-dealkylation sites (N-methyl/N-ethyl adjacent to an activating group) is 1.